The minimum Gasteiger partial charge on any atom is -0.508 e. The number of fused-ring (bicyclic) bond motifs is 1. The van der Waals surface area contributed by atoms with Crippen molar-refractivity contribution in [2.75, 3.05) is 25.5 Å². The summed E-state index contributed by atoms with van der Waals surface area (Å²) < 4.78 is 10.4. The van der Waals surface area contributed by atoms with Crippen LogP contribution >= 0.6 is 0 Å². The van der Waals surface area contributed by atoms with Gasteiger partial charge >= 0.3 is 5.63 Å². The molecule has 0 aliphatic heterocycles. The average Bonchev–Trinajstić information content (AvgIpc) is 2.67. The SMILES string of the molecule is CCN(CC(=O)Nc1ccccc1OC)Cc1cc(=O)oc2cc(O)ccc12. The van der Waals surface area contributed by atoms with Crippen LogP contribution in [-0.2, 0) is 11.3 Å². The topological polar surface area (TPSA) is 92.0 Å². The van der Waals surface area contributed by atoms with Gasteiger partial charge in [-0.1, -0.05) is 19.1 Å². The molecule has 0 atom stereocenters. The van der Waals surface area contributed by atoms with Crippen LogP contribution < -0.4 is 15.7 Å². The van der Waals surface area contributed by atoms with E-state index in [0.29, 0.717) is 30.1 Å². The summed E-state index contributed by atoms with van der Waals surface area (Å²) in [6.45, 7) is 3.09. The second-order valence-electron chi connectivity index (χ2n) is 6.32. The Balaban J connectivity index is 1.77. The Morgan fingerprint density at radius 2 is 2.00 bits per heavy atom. The van der Waals surface area contributed by atoms with Crippen LogP contribution in [0, 0.1) is 0 Å². The van der Waals surface area contributed by atoms with Crippen molar-refractivity contribution in [2.24, 2.45) is 0 Å². The monoisotopic (exact) mass is 382 g/mol. The number of nitrogens with one attached hydrogen (secondary N) is 1. The van der Waals surface area contributed by atoms with Gasteiger partial charge in [-0.3, -0.25) is 9.69 Å². The number of carbonyl (C=O) groups is 1. The van der Waals surface area contributed by atoms with E-state index in [4.69, 9.17) is 9.15 Å². The number of methoxy groups -OCH3 is 1. The van der Waals surface area contributed by atoms with Crippen LogP contribution in [0.25, 0.3) is 11.0 Å². The minimum absolute atomic E-state index is 0.0244. The highest BCUT2D eigenvalue weighted by Gasteiger charge is 2.14. The molecule has 0 spiro atoms. The summed E-state index contributed by atoms with van der Waals surface area (Å²) in [6.07, 6.45) is 0. The zero-order valence-electron chi connectivity index (χ0n) is 15.8. The molecule has 0 saturated heterocycles. The molecular formula is C21H22N2O5. The molecule has 7 nitrogen and oxygen atoms in total. The van der Waals surface area contributed by atoms with Crippen molar-refractivity contribution in [3.63, 3.8) is 0 Å². The first kappa shape index (κ1) is 19.4. The number of para-hydroxylation sites is 2. The van der Waals surface area contributed by atoms with Crippen molar-refractivity contribution < 1.29 is 19.1 Å². The highest BCUT2D eigenvalue weighted by atomic mass is 16.5. The molecule has 28 heavy (non-hydrogen) atoms. The van der Waals surface area contributed by atoms with Gasteiger partial charge in [0.15, 0.2) is 0 Å². The van der Waals surface area contributed by atoms with Crippen LogP contribution in [0.3, 0.4) is 0 Å². The lowest BCUT2D eigenvalue weighted by Crippen LogP contribution is -2.33. The number of anilines is 1. The molecule has 0 aliphatic carbocycles. The minimum atomic E-state index is -0.498. The number of aromatic hydroxyl groups is 1. The normalized spacial score (nSPS) is 11.0. The molecule has 0 fully saturated rings. The maximum Gasteiger partial charge on any atom is 0.336 e. The number of nitrogens with zero attached hydrogens (tertiary/aromatic N) is 1. The van der Waals surface area contributed by atoms with Crippen LogP contribution in [0.1, 0.15) is 12.5 Å². The molecular weight excluding hydrogens is 360 g/mol. The van der Waals surface area contributed by atoms with Crippen molar-refractivity contribution in [1.82, 2.24) is 4.90 Å². The number of amides is 1. The predicted molar refractivity (Wildman–Crippen MR) is 107 cm³/mol. The third-order valence-electron chi connectivity index (χ3n) is 4.40. The molecule has 0 unspecified atom stereocenters. The molecule has 0 saturated carbocycles. The first-order valence-electron chi connectivity index (χ1n) is 8.91. The van der Waals surface area contributed by atoms with Gasteiger partial charge in [0.05, 0.1) is 19.3 Å². The summed E-state index contributed by atoms with van der Waals surface area (Å²) in [5.74, 6) is 0.429. The number of rotatable bonds is 7. The Bertz CT molecular complexity index is 1040. The Morgan fingerprint density at radius 3 is 2.75 bits per heavy atom. The van der Waals surface area contributed by atoms with Gasteiger partial charge in [-0.15, -0.1) is 0 Å². The van der Waals surface area contributed by atoms with Gasteiger partial charge in [-0.05, 0) is 36.4 Å². The predicted octanol–water partition coefficient (Wildman–Crippen LogP) is 2.97. The highest BCUT2D eigenvalue weighted by molar-refractivity contribution is 5.93. The summed E-state index contributed by atoms with van der Waals surface area (Å²) >= 11 is 0. The lowest BCUT2D eigenvalue weighted by molar-refractivity contribution is -0.117. The van der Waals surface area contributed by atoms with Crippen molar-refractivity contribution in [3.8, 4) is 11.5 Å². The third-order valence-corrected chi connectivity index (χ3v) is 4.40. The molecule has 7 heteroatoms. The number of ether oxygens (including phenoxy) is 1. The highest BCUT2D eigenvalue weighted by Crippen LogP contribution is 2.24. The van der Waals surface area contributed by atoms with E-state index in [9.17, 15) is 14.7 Å². The molecule has 1 aromatic heterocycles. The van der Waals surface area contributed by atoms with E-state index in [1.807, 2.05) is 24.0 Å². The van der Waals surface area contributed by atoms with E-state index in [-0.39, 0.29) is 18.2 Å². The zero-order chi connectivity index (χ0) is 20.1. The first-order valence-corrected chi connectivity index (χ1v) is 8.91. The van der Waals surface area contributed by atoms with Crippen molar-refractivity contribution in [2.45, 2.75) is 13.5 Å². The average molecular weight is 382 g/mol. The van der Waals surface area contributed by atoms with Gasteiger partial charge in [0.2, 0.25) is 5.91 Å². The van der Waals surface area contributed by atoms with E-state index in [1.165, 1.54) is 18.2 Å². The van der Waals surface area contributed by atoms with E-state index in [0.717, 1.165) is 10.9 Å². The molecule has 2 aromatic carbocycles. The van der Waals surface area contributed by atoms with Crippen molar-refractivity contribution in [1.29, 1.82) is 0 Å². The van der Waals surface area contributed by atoms with Crippen LogP contribution in [0.5, 0.6) is 11.5 Å². The molecule has 0 bridgehead atoms. The van der Waals surface area contributed by atoms with Crippen molar-refractivity contribution in [3.05, 3.63) is 64.5 Å². The summed E-state index contributed by atoms with van der Waals surface area (Å²) in [5, 5.41) is 13.2. The van der Waals surface area contributed by atoms with E-state index in [1.54, 1.807) is 25.3 Å². The van der Waals surface area contributed by atoms with Crippen LogP contribution in [0.4, 0.5) is 5.69 Å². The summed E-state index contributed by atoms with van der Waals surface area (Å²) in [5.41, 5.74) is 1.16. The maximum absolute atomic E-state index is 12.5. The quantitative estimate of drug-likeness (QED) is 0.611. The fraction of sp³-hybridized carbons (Fsp3) is 0.238. The Kier molecular flexibility index (Phi) is 5.96. The molecule has 146 valence electrons. The lowest BCUT2D eigenvalue weighted by atomic mass is 10.1. The Hall–Kier alpha value is -3.32. The van der Waals surface area contributed by atoms with Crippen molar-refractivity contribution >= 4 is 22.6 Å². The molecule has 3 rings (SSSR count). The van der Waals surface area contributed by atoms with Crippen LogP contribution in [0.15, 0.2) is 57.7 Å². The van der Waals surface area contributed by atoms with Gasteiger partial charge in [-0.2, -0.15) is 0 Å². The van der Waals surface area contributed by atoms with E-state index < -0.39 is 5.63 Å². The van der Waals surface area contributed by atoms with Gasteiger partial charge < -0.3 is 19.6 Å². The Morgan fingerprint density at radius 1 is 1.21 bits per heavy atom. The largest absolute Gasteiger partial charge is 0.508 e. The molecule has 3 aromatic rings. The van der Waals surface area contributed by atoms with Crippen LogP contribution in [-0.4, -0.2) is 36.1 Å². The number of likely N-dealkylation sites (N-methyl/N-ethyl adjacent to an activating group) is 1. The van der Waals surface area contributed by atoms with E-state index in [2.05, 4.69) is 5.32 Å². The standard InChI is InChI=1S/C21H22N2O5/c1-3-23(13-20(25)22-17-6-4-5-7-18(17)27-2)12-14-10-21(26)28-19-11-15(24)8-9-16(14)19/h4-11,24H,3,12-13H2,1-2H3,(H,22,25). The number of hydrogen-bond acceptors (Lipinski definition) is 6. The number of phenols is 1. The first-order chi connectivity index (χ1) is 13.5. The number of hydrogen-bond donors (Lipinski definition) is 2. The van der Waals surface area contributed by atoms with Gasteiger partial charge in [-0.25, -0.2) is 4.79 Å². The maximum atomic E-state index is 12.5. The molecule has 1 amide bonds. The van der Waals surface area contributed by atoms with E-state index >= 15 is 0 Å². The smallest absolute Gasteiger partial charge is 0.336 e. The van der Waals surface area contributed by atoms with Gasteiger partial charge in [0.1, 0.15) is 17.1 Å². The van der Waals surface area contributed by atoms with Crippen LogP contribution in [0.2, 0.25) is 0 Å². The van der Waals surface area contributed by atoms with Gasteiger partial charge in [0.25, 0.3) is 0 Å². The summed E-state index contributed by atoms with van der Waals surface area (Å²) in [4.78, 5) is 26.3. The molecule has 0 aliphatic rings. The fourth-order valence-corrected chi connectivity index (χ4v) is 3.01. The summed E-state index contributed by atoms with van der Waals surface area (Å²) in [7, 11) is 1.55. The molecule has 2 N–H and O–H groups in total. The number of phenolic OH excluding ortho intramolecular Hbond substituents is 1. The third kappa shape index (κ3) is 4.50. The zero-order valence-corrected chi connectivity index (χ0v) is 15.8. The second kappa shape index (κ2) is 8.58. The number of benzene rings is 2. The lowest BCUT2D eigenvalue weighted by Gasteiger charge is -2.21. The second-order valence-corrected chi connectivity index (χ2v) is 6.32. The summed E-state index contributed by atoms with van der Waals surface area (Å²) in [6, 6.07) is 13.3. The van der Waals surface area contributed by atoms with Gasteiger partial charge in [0, 0.05) is 24.1 Å². The Labute approximate surface area is 162 Å². The fourth-order valence-electron chi connectivity index (χ4n) is 3.01. The number of carbonyl (C=O) groups excluding carboxylic acids is 1. The molecule has 0 radical (unpaired) electrons. The molecule has 1 heterocycles.